The Morgan fingerprint density at radius 1 is 1.35 bits per heavy atom. The molecule has 1 aromatic rings. The summed E-state index contributed by atoms with van der Waals surface area (Å²) in [6, 6.07) is 8.19. The zero-order valence-electron chi connectivity index (χ0n) is 11.5. The Morgan fingerprint density at radius 2 is 2.15 bits per heavy atom. The van der Waals surface area contributed by atoms with Crippen LogP contribution in [0.1, 0.15) is 30.1 Å². The van der Waals surface area contributed by atoms with Gasteiger partial charge in [0.1, 0.15) is 0 Å². The predicted octanol–water partition coefficient (Wildman–Crippen LogP) is 1.45. The first kappa shape index (κ1) is 14.0. The van der Waals surface area contributed by atoms with Crippen LogP contribution in [0.2, 0.25) is 0 Å². The van der Waals surface area contributed by atoms with E-state index in [2.05, 4.69) is 12.1 Å². The van der Waals surface area contributed by atoms with Crippen molar-refractivity contribution in [3.8, 4) is 0 Å². The van der Waals surface area contributed by atoms with Gasteiger partial charge in [-0.05, 0) is 36.3 Å². The van der Waals surface area contributed by atoms with E-state index in [1.54, 1.807) is 0 Å². The van der Waals surface area contributed by atoms with E-state index in [0.717, 1.165) is 13.0 Å². The van der Waals surface area contributed by atoms with Crippen LogP contribution in [0, 0.1) is 5.92 Å². The maximum atomic E-state index is 11.5. The molecule has 5 heteroatoms. The van der Waals surface area contributed by atoms with Crippen molar-refractivity contribution in [3.05, 3.63) is 35.4 Å². The van der Waals surface area contributed by atoms with Crippen molar-refractivity contribution in [3.63, 3.8) is 0 Å². The molecule has 0 aliphatic carbocycles. The molecular formula is C15H21NO3S. The van der Waals surface area contributed by atoms with E-state index in [0.29, 0.717) is 12.8 Å². The first-order valence-corrected chi connectivity index (χ1v) is 9.03. The minimum atomic E-state index is -2.86. The van der Waals surface area contributed by atoms with Crippen LogP contribution in [0.4, 0.5) is 0 Å². The second-order valence-electron chi connectivity index (χ2n) is 5.87. The normalized spacial score (nSPS) is 29.9. The van der Waals surface area contributed by atoms with Crippen LogP contribution < -0.4 is 5.73 Å². The maximum Gasteiger partial charge on any atom is 0.150 e. The van der Waals surface area contributed by atoms with Gasteiger partial charge in [-0.1, -0.05) is 24.3 Å². The second kappa shape index (κ2) is 5.47. The highest BCUT2D eigenvalue weighted by molar-refractivity contribution is 7.91. The van der Waals surface area contributed by atoms with Crippen LogP contribution in [-0.4, -0.2) is 32.6 Å². The molecule has 3 rings (SSSR count). The molecule has 0 bridgehead atoms. The molecule has 3 atom stereocenters. The summed E-state index contributed by atoms with van der Waals surface area (Å²) in [4.78, 5) is 0. The van der Waals surface area contributed by atoms with Crippen LogP contribution in [0.5, 0.6) is 0 Å². The number of nitrogens with two attached hydrogens (primary N) is 1. The van der Waals surface area contributed by atoms with Crippen LogP contribution in [-0.2, 0) is 21.0 Å². The molecule has 2 aliphatic rings. The first-order valence-electron chi connectivity index (χ1n) is 7.20. The minimum Gasteiger partial charge on any atom is -0.373 e. The monoisotopic (exact) mass is 295 g/mol. The Hall–Kier alpha value is -0.910. The molecule has 1 aromatic carbocycles. The summed E-state index contributed by atoms with van der Waals surface area (Å²) in [7, 11) is -2.86. The van der Waals surface area contributed by atoms with Gasteiger partial charge in [-0.2, -0.15) is 0 Å². The van der Waals surface area contributed by atoms with Gasteiger partial charge in [0.25, 0.3) is 0 Å². The van der Waals surface area contributed by atoms with Gasteiger partial charge >= 0.3 is 0 Å². The highest BCUT2D eigenvalue weighted by Gasteiger charge is 2.34. The summed E-state index contributed by atoms with van der Waals surface area (Å²) < 4.78 is 29.0. The van der Waals surface area contributed by atoms with Crippen molar-refractivity contribution in [2.24, 2.45) is 11.7 Å². The van der Waals surface area contributed by atoms with Gasteiger partial charge in [-0.15, -0.1) is 0 Å². The number of ether oxygens (including phenoxy) is 1. The van der Waals surface area contributed by atoms with Crippen molar-refractivity contribution >= 4 is 9.84 Å². The van der Waals surface area contributed by atoms with E-state index >= 15 is 0 Å². The molecular weight excluding hydrogens is 274 g/mol. The minimum absolute atomic E-state index is 0.0123. The maximum absolute atomic E-state index is 11.5. The lowest BCUT2D eigenvalue weighted by Gasteiger charge is -2.29. The molecule has 0 radical (unpaired) electrons. The molecule has 20 heavy (non-hydrogen) atoms. The Morgan fingerprint density at radius 3 is 2.90 bits per heavy atom. The van der Waals surface area contributed by atoms with Crippen molar-refractivity contribution in [1.29, 1.82) is 0 Å². The van der Waals surface area contributed by atoms with E-state index in [4.69, 9.17) is 10.5 Å². The SMILES string of the molecule is NC(CC1OCCc2ccccc21)C1CCS(=O)(=O)C1. The van der Waals surface area contributed by atoms with Gasteiger partial charge in [-0.25, -0.2) is 8.42 Å². The second-order valence-corrected chi connectivity index (χ2v) is 8.10. The third-order valence-electron chi connectivity index (χ3n) is 4.45. The van der Waals surface area contributed by atoms with Gasteiger partial charge in [0.2, 0.25) is 0 Å². The Balaban J connectivity index is 1.70. The zero-order chi connectivity index (χ0) is 14.2. The third-order valence-corrected chi connectivity index (χ3v) is 6.25. The quantitative estimate of drug-likeness (QED) is 0.916. The molecule has 0 saturated carbocycles. The number of sulfone groups is 1. The summed E-state index contributed by atoms with van der Waals surface area (Å²) in [6.07, 6.45) is 2.35. The Labute approximate surface area is 120 Å². The summed E-state index contributed by atoms with van der Waals surface area (Å²) in [5.41, 5.74) is 8.79. The van der Waals surface area contributed by atoms with Crippen LogP contribution in [0.15, 0.2) is 24.3 Å². The molecule has 1 saturated heterocycles. The number of rotatable bonds is 3. The van der Waals surface area contributed by atoms with Crippen molar-refractivity contribution < 1.29 is 13.2 Å². The lowest BCUT2D eigenvalue weighted by Crippen LogP contribution is -2.34. The van der Waals surface area contributed by atoms with Gasteiger partial charge in [-0.3, -0.25) is 0 Å². The lowest BCUT2D eigenvalue weighted by atomic mass is 9.89. The summed E-state index contributed by atoms with van der Waals surface area (Å²) in [6.45, 7) is 0.720. The third kappa shape index (κ3) is 2.90. The zero-order valence-corrected chi connectivity index (χ0v) is 12.3. The molecule has 2 aliphatic heterocycles. The highest BCUT2D eigenvalue weighted by atomic mass is 32.2. The van der Waals surface area contributed by atoms with Crippen LogP contribution in [0.3, 0.4) is 0 Å². The Kier molecular flexibility index (Phi) is 3.84. The summed E-state index contributed by atoms with van der Waals surface area (Å²) in [5, 5.41) is 0. The molecule has 1 fully saturated rings. The molecule has 3 unspecified atom stereocenters. The van der Waals surface area contributed by atoms with Gasteiger partial charge in [0.15, 0.2) is 9.84 Å². The molecule has 110 valence electrons. The predicted molar refractivity (Wildman–Crippen MR) is 78.2 cm³/mol. The lowest BCUT2D eigenvalue weighted by molar-refractivity contribution is 0.0288. The molecule has 0 aromatic heterocycles. The molecule has 4 nitrogen and oxygen atoms in total. The average Bonchev–Trinajstić information content (AvgIpc) is 2.80. The first-order chi connectivity index (χ1) is 9.55. The topological polar surface area (TPSA) is 69.4 Å². The highest BCUT2D eigenvalue weighted by Crippen LogP contribution is 2.33. The molecule has 0 amide bonds. The number of benzene rings is 1. The smallest absolute Gasteiger partial charge is 0.150 e. The summed E-state index contributed by atoms with van der Waals surface area (Å²) in [5.74, 6) is 0.605. The molecule has 2 heterocycles. The molecule has 0 spiro atoms. The van der Waals surface area contributed by atoms with Crippen LogP contribution in [0.25, 0.3) is 0 Å². The molecule has 2 N–H and O–H groups in total. The summed E-state index contributed by atoms with van der Waals surface area (Å²) >= 11 is 0. The van der Waals surface area contributed by atoms with Gasteiger partial charge in [0.05, 0.1) is 24.2 Å². The standard InChI is InChI=1S/C15H21NO3S/c16-14(12-6-8-20(17,18)10-12)9-15-13-4-2-1-3-11(13)5-7-19-15/h1-4,12,14-15H,5-10,16H2. The fraction of sp³-hybridized carbons (Fsp3) is 0.600. The van der Waals surface area contributed by atoms with E-state index in [-0.39, 0.29) is 29.6 Å². The van der Waals surface area contributed by atoms with Crippen molar-refractivity contribution in [2.45, 2.75) is 31.4 Å². The Bertz CT molecular complexity index is 585. The van der Waals surface area contributed by atoms with E-state index in [1.165, 1.54) is 11.1 Å². The van der Waals surface area contributed by atoms with Crippen molar-refractivity contribution in [1.82, 2.24) is 0 Å². The fourth-order valence-electron chi connectivity index (χ4n) is 3.27. The van der Waals surface area contributed by atoms with E-state index < -0.39 is 9.84 Å². The number of hydrogen-bond acceptors (Lipinski definition) is 4. The van der Waals surface area contributed by atoms with Crippen molar-refractivity contribution in [2.75, 3.05) is 18.1 Å². The van der Waals surface area contributed by atoms with Crippen LogP contribution >= 0.6 is 0 Å². The number of hydrogen-bond donors (Lipinski definition) is 1. The van der Waals surface area contributed by atoms with Gasteiger partial charge in [0, 0.05) is 6.04 Å². The van der Waals surface area contributed by atoms with E-state index in [9.17, 15) is 8.42 Å². The van der Waals surface area contributed by atoms with E-state index in [1.807, 2.05) is 12.1 Å². The average molecular weight is 295 g/mol. The van der Waals surface area contributed by atoms with Gasteiger partial charge < -0.3 is 10.5 Å². The largest absolute Gasteiger partial charge is 0.373 e. The number of fused-ring (bicyclic) bond motifs is 1. The fourth-order valence-corrected chi connectivity index (χ4v) is 5.17.